The summed E-state index contributed by atoms with van der Waals surface area (Å²) in [4.78, 5) is 0. The van der Waals surface area contributed by atoms with E-state index in [1.807, 2.05) is 27.7 Å². The molecule has 0 radical (unpaired) electrons. The molecule has 1 atom stereocenters. The second-order valence-corrected chi connectivity index (χ2v) is 8.24. The smallest absolute Gasteiger partial charge is 0.0172 e. The summed E-state index contributed by atoms with van der Waals surface area (Å²) in [6.07, 6.45) is 34.7. The predicted molar refractivity (Wildman–Crippen MR) is 151 cm³/mol. The highest BCUT2D eigenvalue weighted by atomic mass is 14.3. The highest BCUT2D eigenvalue weighted by Gasteiger charge is 2.30. The minimum absolute atomic E-state index is 0.0854. The number of allylic oxidation sites excluding steroid dienone is 19. The fraction of sp³-hybridized carbons (Fsp3) is 0.394. The van der Waals surface area contributed by atoms with Crippen molar-refractivity contribution < 1.29 is 0 Å². The van der Waals surface area contributed by atoms with Gasteiger partial charge in [-0.3, -0.25) is 0 Å². The molecule has 3 rings (SSSR count). The Morgan fingerprint density at radius 1 is 1.00 bits per heavy atom. The molecule has 0 saturated carbocycles. The summed E-state index contributed by atoms with van der Waals surface area (Å²) in [6.45, 7) is 19.0. The Morgan fingerprint density at radius 2 is 1.76 bits per heavy atom. The maximum absolute atomic E-state index is 4.39. The average molecular weight is 443 g/mol. The lowest BCUT2D eigenvalue weighted by atomic mass is 9.70. The van der Waals surface area contributed by atoms with E-state index in [0.29, 0.717) is 0 Å². The van der Waals surface area contributed by atoms with Gasteiger partial charge in [0, 0.05) is 5.41 Å². The molecule has 0 heteroatoms. The fourth-order valence-corrected chi connectivity index (χ4v) is 4.59. The molecule has 0 spiro atoms. The first-order chi connectivity index (χ1) is 16.1. The van der Waals surface area contributed by atoms with Crippen molar-refractivity contribution >= 4 is 0 Å². The second-order valence-electron chi connectivity index (χ2n) is 8.24. The van der Waals surface area contributed by atoms with Crippen molar-refractivity contribution in [1.82, 2.24) is 0 Å². The van der Waals surface area contributed by atoms with E-state index in [1.165, 1.54) is 39.9 Å². The first-order valence-electron chi connectivity index (χ1n) is 12.9. The summed E-state index contributed by atoms with van der Waals surface area (Å²) in [5, 5.41) is 0. The van der Waals surface area contributed by atoms with Crippen molar-refractivity contribution in [2.45, 2.75) is 80.6 Å². The normalized spacial score (nSPS) is 22.5. The van der Waals surface area contributed by atoms with Crippen LogP contribution in [0.3, 0.4) is 0 Å². The molecule has 0 amide bonds. The van der Waals surface area contributed by atoms with E-state index in [2.05, 4.69) is 106 Å². The van der Waals surface area contributed by atoms with Crippen molar-refractivity contribution in [1.29, 1.82) is 0 Å². The van der Waals surface area contributed by atoms with Gasteiger partial charge in [0.1, 0.15) is 0 Å². The average Bonchev–Trinajstić information content (AvgIpc) is 2.86. The van der Waals surface area contributed by atoms with Gasteiger partial charge in [-0.25, -0.2) is 0 Å². The van der Waals surface area contributed by atoms with Crippen LogP contribution in [0, 0.1) is 5.41 Å². The molecular formula is C33H46. The Morgan fingerprint density at radius 3 is 2.45 bits per heavy atom. The van der Waals surface area contributed by atoms with Crippen LogP contribution in [0.4, 0.5) is 0 Å². The van der Waals surface area contributed by atoms with Crippen molar-refractivity contribution in [2.24, 2.45) is 5.41 Å². The lowest BCUT2D eigenvalue weighted by Crippen LogP contribution is -2.22. The molecule has 178 valence electrons. The van der Waals surface area contributed by atoms with Gasteiger partial charge in [0.2, 0.25) is 0 Å². The maximum Gasteiger partial charge on any atom is 0.0172 e. The molecule has 33 heavy (non-hydrogen) atoms. The lowest BCUT2D eigenvalue weighted by molar-refractivity contribution is 0.421. The monoisotopic (exact) mass is 442 g/mol. The minimum atomic E-state index is 0.0854. The summed E-state index contributed by atoms with van der Waals surface area (Å²) >= 11 is 0. The van der Waals surface area contributed by atoms with Crippen LogP contribution in [0.15, 0.2) is 119 Å². The molecule has 0 aromatic carbocycles. The highest BCUT2D eigenvalue weighted by Crippen LogP contribution is 2.43. The van der Waals surface area contributed by atoms with Crippen molar-refractivity contribution in [3.63, 3.8) is 0 Å². The first kappa shape index (κ1) is 28.4. The van der Waals surface area contributed by atoms with E-state index in [4.69, 9.17) is 0 Å². The van der Waals surface area contributed by atoms with E-state index in [0.717, 1.165) is 25.7 Å². The Balaban J connectivity index is 0.00000129. The summed E-state index contributed by atoms with van der Waals surface area (Å²) in [5.41, 5.74) is 8.04. The lowest BCUT2D eigenvalue weighted by Gasteiger charge is -2.34. The van der Waals surface area contributed by atoms with Gasteiger partial charge < -0.3 is 0 Å². The predicted octanol–water partition coefficient (Wildman–Crippen LogP) is 10.5. The Bertz CT molecular complexity index is 915. The third-order valence-corrected chi connectivity index (χ3v) is 5.94. The molecule has 0 heterocycles. The van der Waals surface area contributed by atoms with Gasteiger partial charge in [0.05, 0.1) is 0 Å². The van der Waals surface area contributed by atoms with Crippen LogP contribution in [-0.4, -0.2) is 0 Å². The molecule has 0 nitrogen and oxygen atoms in total. The summed E-state index contributed by atoms with van der Waals surface area (Å²) in [5.74, 6) is 0. The van der Waals surface area contributed by atoms with Gasteiger partial charge in [-0.2, -0.15) is 0 Å². The highest BCUT2D eigenvalue weighted by molar-refractivity contribution is 5.60. The van der Waals surface area contributed by atoms with E-state index in [1.54, 1.807) is 0 Å². The molecule has 0 aliphatic heterocycles. The van der Waals surface area contributed by atoms with Crippen LogP contribution in [0.1, 0.15) is 80.6 Å². The van der Waals surface area contributed by atoms with Crippen LogP contribution >= 0.6 is 0 Å². The molecule has 0 bridgehead atoms. The number of fused-ring (bicyclic) bond motifs is 1. The number of rotatable bonds is 7. The SMILES string of the molecule is C=C(/C=C\C(C)=C\C1=CCC=C2C=CCC=C21)CC1(CCC)C=CC=C/C1=C/C.CC.CC. The molecular weight excluding hydrogens is 396 g/mol. The van der Waals surface area contributed by atoms with Gasteiger partial charge in [0.15, 0.2) is 0 Å². The molecule has 3 aliphatic carbocycles. The second kappa shape index (κ2) is 15.3. The van der Waals surface area contributed by atoms with Gasteiger partial charge >= 0.3 is 0 Å². The Labute approximate surface area is 205 Å². The Hall–Kier alpha value is -2.60. The van der Waals surface area contributed by atoms with Gasteiger partial charge in [0.25, 0.3) is 0 Å². The van der Waals surface area contributed by atoms with Crippen LogP contribution in [0.2, 0.25) is 0 Å². The molecule has 0 fully saturated rings. The molecule has 1 unspecified atom stereocenters. The largest absolute Gasteiger partial charge is 0.0958 e. The van der Waals surface area contributed by atoms with Crippen molar-refractivity contribution in [3.05, 3.63) is 119 Å². The summed E-state index contributed by atoms with van der Waals surface area (Å²) in [6, 6.07) is 0. The zero-order valence-electron chi connectivity index (χ0n) is 22.2. The minimum Gasteiger partial charge on any atom is -0.0958 e. The zero-order chi connectivity index (χ0) is 24.7. The van der Waals surface area contributed by atoms with E-state index in [9.17, 15) is 0 Å². The third-order valence-electron chi connectivity index (χ3n) is 5.94. The van der Waals surface area contributed by atoms with E-state index >= 15 is 0 Å². The quantitative estimate of drug-likeness (QED) is 0.344. The van der Waals surface area contributed by atoms with Gasteiger partial charge in [-0.05, 0) is 61.8 Å². The molecule has 0 N–H and O–H groups in total. The molecule has 0 saturated heterocycles. The van der Waals surface area contributed by atoms with E-state index in [-0.39, 0.29) is 5.41 Å². The van der Waals surface area contributed by atoms with Crippen LogP contribution in [0.25, 0.3) is 0 Å². The van der Waals surface area contributed by atoms with Crippen LogP contribution in [0.5, 0.6) is 0 Å². The van der Waals surface area contributed by atoms with E-state index < -0.39 is 0 Å². The summed E-state index contributed by atoms with van der Waals surface area (Å²) in [7, 11) is 0. The molecule has 0 aromatic heterocycles. The maximum atomic E-state index is 4.39. The standard InChI is InChI=1S/C29H34.2C2H6/c1-5-19-29(20-10-9-15-27(29)6-2)22-24(4)18-17-23(3)21-26-14-11-13-25-12-7-8-16-28(25)26;2*1-2/h6-7,9-10,12-18,20-21H,4-5,8,11,19,22H2,1-3H3;2*1-2H3/b18-17-,23-21+,27-6-;;. The topological polar surface area (TPSA) is 0 Å². The van der Waals surface area contributed by atoms with Gasteiger partial charge in [-0.1, -0.05) is 138 Å². The summed E-state index contributed by atoms with van der Waals surface area (Å²) < 4.78 is 0. The van der Waals surface area contributed by atoms with Crippen LogP contribution < -0.4 is 0 Å². The fourth-order valence-electron chi connectivity index (χ4n) is 4.59. The molecule has 0 aromatic rings. The zero-order valence-corrected chi connectivity index (χ0v) is 22.2. The van der Waals surface area contributed by atoms with Crippen LogP contribution in [-0.2, 0) is 0 Å². The molecule has 3 aliphatic rings. The van der Waals surface area contributed by atoms with Crippen molar-refractivity contribution in [3.8, 4) is 0 Å². The third kappa shape index (κ3) is 8.04. The van der Waals surface area contributed by atoms with Gasteiger partial charge in [-0.15, -0.1) is 0 Å². The number of hydrogen-bond donors (Lipinski definition) is 0. The Kier molecular flexibility index (Phi) is 13.2. The van der Waals surface area contributed by atoms with Crippen molar-refractivity contribution in [2.75, 3.05) is 0 Å². The number of hydrogen-bond acceptors (Lipinski definition) is 0. The first-order valence-corrected chi connectivity index (χ1v) is 12.9.